The van der Waals surface area contributed by atoms with Crippen molar-refractivity contribution in [2.75, 3.05) is 0 Å². The minimum atomic E-state index is -5.89. The number of halogens is 6. The highest BCUT2D eigenvalue weighted by Crippen LogP contribution is 2.39. The fraction of sp³-hybridized carbons (Fsp3) is 1.00. The van der Waals surface area contributed by atoms with Gasteiger partial charge in [0.15, 0.2) is 0 Å². The second kappa shape index (κ2) is 3.01. The third-order valence-electron chi connectivity index (χ3n) is 0.870. The Morgan fingerprint density at radius 1 is 1.09 bits per heavy atom. The monoisotopic (exact) mass is 198 g/mol. The predicted octanol–water partition coefficient (Wildman–Crippen LogP) is 0.777. The predicted molar refractivity (Wildman–Crippen MR) is 26.9 cm³/mol. The highest BCUT2D eigenvalue weighted by Gasteiger charge is 2.63. The largest absolute Gasteiger partial charge is 0.459 e. The molecule has 8 heteroatoms. The molecule has 0 saturated heterocycles. The summed E-state index contributed by atoms with van der Waals surface area (Å²) >= 11 is 0. The van der Waals surface area contributed by atoms with Gasteiger partial charge in [0.05, 0.1) is 0 Å². The van der Waals surface area contributed by atoms with Gasteiger partial charge in [0, 0.05) is 0 Å². The van der Waals surface area contributed by atoms with Gasteiger partial charge >= 0.3 is 12.1 Å². The van der Waals surface area contributed by atoms with E-state index < -0.39 is 28.9 Å². The van der Waals surface area contributed by atoms with Gasteiger partial charge in [-0.2, -0.15) is 22.0 Å². The highest BCUT2D eigenvalue weighted by atomic mass is 28.2. The van der Waals surface area contributed by atoms with Crippen LogP contribution in [-0.2, 0) is 4.43 Å². The van der Waals surface area contributed by atoms with Crippen molar-refractivity contribution < 1.29 is 30.8 Å². The molecule has 1 atom stereocenters. The van der Waals surface area contributed by atoms with Crippen LogP contribution >= 0.6 is 0 Å². The van der Waals surface area contributed by atoms with Crippen LogP contribution in [0.1, 0.15) is 0 Å². The van der Waals surface area contributed by atoms with E-state index in [4.69, 9.17) is 0 Å². The van der Waals surface area contributed by atoms with Crippen molar-refractivity contribution in [3.8, 4) is 0 Å². The Labute approximate surface area is 60.9 Å². The highest BCUT2D eigenvalue weighted by molar-refractivity contribution is 5.98. The molecule has 0 heterocycles. The van der Waals surface area contributed by atoms with Crippen LogP contribution in [0.3, 0.4) is 0 Å². The summed E-state index contributed by atoms with van der Waals surface area (Å²) in [6.45, 7) is 0. The zero-order chi connectivity index (χ0) is 9.28. The summed E-state index contributed by atoms with van der Waals surface area (Å²) in [6, 6.07) is 0. The SMILES string of the molecule is FC(O[SiH3])C(F)(F)C(F)(F)F. The Morgan fingerprint density at radius 2 is 1.45 bits per heavy atom. The lowest BCUT2D eigenvalue weighted by Crippen LogP contribution is -2.45. The normalized spacial score (nSPS) is 16.9. The van der Waals surface area contributed by atoms with E-state index in [1.165, 1.54) is 0 Å². The number of alkyl halides is 6. The molecule has 11 heavy (non-hydrogen) atoms. The molecule has 0 aromatic rings. The average Bonchev–Trinajstić information content (AvgIpc) is 1.83. The number of hydrogen-bond donors (Lipinski definition) is 0. The van der Waals surface area contributed by atoms with E-state index in [2.05, 4.69) is 4.43 Å². The molecule has 1 nitrogen and oxygen atoms in total. The molecule has 0 aromatic heterocycles. The number of rotatable bonds is 2. The van der Waals surface area contributed by atoms with E-state index in [9.17, 15) is 26.3 Å². The van der Waals surface area contributed by atoms with Gasteiger partial charge in [0.25, 0.3) is 6.36 Å². The van der Waals surface area contributed by atoms with E-state index in [1.807, 2.05) is 0 Å². The molecule has 0 rings (SSSR count). The van der Waals surface area contributed by atoms with Gasteiger partial charge in [-0.05, 0) is 0 Å². The Hall–Kier alpha value is -0.243. The van der Waals surface area contributed by atoms with Gasteiger partial charge < -0.3 is 4.43 Å². The van der Waals surface area contributed by atoms with Crippen molar-refractivity contribution in [1.82, 2.24) is 0 Å². The standard InChI is InChI=1S/C3H4F6OSi/c4-1(10-11)2(5,6)3(7,8)9/h1H,11H3. The van der Waals surface area contributed by atoms with Crippen LogP contribution in [-0.4, -0.2) is 28.9 Å². The van der Waals surface area contributed by atoms with Gasteiger partial charge in [-0.3, -0.25) is 0 Å². The van der Waals surface area contributed by atoms with Crippen LogP contribution in [0.15, 0.2) is 0 Å². The van der Waals surface area contributed by atoms with Crippen molar-refractivity contribution in [3.63, 3.8) is 0 Å². The molecule has 0 amide bonds. The molecule has 0 fully saturated rings. The first-order valence-corrected chi connectivity index (χ1v) is 3.16. The third kappa shape index (κ3) is 2.09. The molecule has 0 saturated carbocycles. The first-order chi connectivity index (χ1) is 4.73. The fourth-order valence-corrected chi connectivity index (χ4v) is 0.573. The van der Waals surface area contributed by atoms with E-state index in [-0.39, 0.29) is 0 Å². The Bertz CT molecular complexity index is 132. The second-order valence-electron chi connectivity index (χ2n) is 1.67. The molecule has 0 aliphatic rings. The summed E-state index contributed by atoms with van der Waals surface area (Å²) in [4.78, 5) is 0. The smallest absolute Gasteiger partial charge is 0.395 e. The Morgan fingerprint density at radius 3 is 1.55 bits per heavy atom. The third-order valence-corrected chi connectivity index (χ3v) is 1.28. The van der Waals surface area contributed by atoms with Crippen molar-refractivity contribution in [2.24, 2.45) is 0 Å². The van der Waals surface area contributed by atoms with E-state index in [1.54, 1.807) is 0 Å². The second-order valence-corrected chi connectivity index (χ2v) is 2.14. The Kier molecular flexibility index (Phi) is 2.95. The van der Waals surface area contributed by atoms with E-state index >= 15 is 0 Å². The minimum absolute atomic E-state index is 0.518. The fourth-order valence-electron chi connectivity index (χ4n) is 0.277. The average molecular weight is 198 g/mol. The topological polar surface area (TPSA) is 9.23 Å². The van der Waals surface area contributed by atoms with Crippen molar-refractivity contribution in [3.05, 3.63) is 0 Å². The van der Waals surface area contributed by atoms with Crippen LogP contribution in [0.4, 0.5) is 26.3 Å². The van der Waals surface area contributed by atoms with Crippen LogP contribution in [0, 0.1) is 0 Å². The lowest BCUT2D eigenvalue weighted by atomic mass is 10.3. The lowest BCUT2D eigenvalue weighted by Gasteiger charge is -2.21. The molecule has 0 aliphatic heterocycles. The van der Waals surface area contributed by atoms with Crippen molar-refractivity contribution in [2.45, 2.75) is 18.5 Å². The summed E-state index contributed by atoms with van der Waals surface area (Å²) in [5.74, 6) is -5.41. The van der Waals surface area contributed by atoms with Gasteiger partial charge in [-0.1, -0.05) is 0 Å². The molecule has 0 radical (unpaired) electrons. The zero-order valence-electron chi connectivity index (χ0n) is 5.25. The number of hydrogen-bond acceptors (Lipinski definition) is 1. The minimum Gasteiger partial charge on any atom is -0.395 e. The van der Waals surface area contributed by atoms with Gasteiger partial charge in [0.2, 0.25) is 0 Å². The van der Waals surface area contributed by atoms with Gasteiger partial charge in [-0.15, -0.1) is 0 Å². The van der Waals surface area contributed by atoms with Gasteiger partial charge in [-0.25, -0.2) is 4.39 Å². The molecular formula is C3H4F6OSi. The maximum Gasteiger partial charge on any atom is 0.459 e. The van der Waals surface area contributed by atoms with Crippen molar-refractivity contribution in [1.29, 1.82) is 0 Å². The molecule has 1 unspecified atom stereocenters. The van der Waals surface area contributed by atoms with E-state index in [0.29, 0.717) is 0 Å². The zero-order valence-corrected chi connectivity index (χ0v) is 7.25. The summed E-state index contributed by atoms with van der Waals surface area (Å²) in [5, 5.41) is 0. The lowest BCUT2D eigenvalue weighted by molar-refractivity contribution is -0.328. The van der Waals surface area contributed by atoms with Crippen LogP contribution in [0.2, 0.25) is 0 Å². The van der Waals surface area contributed by atoms with Crippen LogP contribution < -0.4 is 0 Å². The molecule has 0 spiro atoms. The quantitative estimate of drug-likeness (QED) is 0.470. The first kappa shape index (κ1) is 10.8. The van der Waals surface area contributed by atoms with Crippen LogP contribution in [0.5, 0.6) is 0 Å². The van der Waals surface area contributed by atoms with Crippen molar-refractivity contribution >= 4 is 10.5 Å². The maximum absolute atomic E-state index is 11.7. The Balaban J connectivity index is 4.45. The molecular weight excluding hydrogens is 194 g/mol. The molecule has 0 N–H and O–H groups in total. The maximum atomic E-state index is 11.7. The first-order valence-electron chi connectivity index (χ1n) is 2.35. The molecule has 68 valence electrons. The molecule has 0 aliphatic carbocycles. The van der Waals surface area contributed by atoms with Gasteiger partial charge in [0.1, 0.15) is 10.5 Å². The van der Waals surface area contributed by atoms with Crippen LogP contribution in [0.25, 0.3) is 0 Å². The molecule has 0 aromatic carbocycles. The summed E-state index contributed by atoms with van der Waals surface area (Å²) < 4.78 is 72.2. The molecule has 0 bridgehead atoms. The van der Waals surface area contributed by atoms with E-state index in [0.717, 1.165) is 0 Å². The summed E-state index contributed by atoms with van der Waals surface area (Å²) in [5.41, 5.74) is 0. The summed E-state index contributed by atoms with van der Waals surface area (Å²) in [6.07, 6.45) is -9.48. The summed E-state index contributed by atoms with van der Waals surface area (Å²) in [7, 11) is -0.518.